The third kappa shape index (κ3) is 4.83. The second-order valence-electron chi connectivity index (χ2n) is 1.91. The van der Waals surface area contributed by atoms with Gasteiger partial charge in [-0.2, -0.15) is 0 Å². The Hall–Kier alpha value is -1.32. The van der Waals surface area contributed by atoms with Crippen molar-refractivity contribution in [1.29, 1.82) is 0 Å². The summed E-state index contributed by atoms with van der Waals surface area (Å²) in [5.41, 5.74) is 5.26. The van der Waals surface area contributed by atoms with Gasteiger partial charge in [-0.3, -0.25) is 9.59 Å². The van der Waals surface area contributed by atoms with Crippen LogP contribution in [0, 0.1) is 0 Å². The first-order valence-electron chi connectivity index (χ1n) is 2.77. The quantitative estimate of drug-likeness (QED) is 0.511. The van der Waals surface area contributed by atoms with Gasteiger partial charge in [-0.1, -0.05) is 0 Å². The van der Waals surface area contributed by atoms with E-state index in [0.717, 1.165) is 6.08 Å². The molecule has 0 spiro atoms. The van der Waals surface area contributed by atoms with Gasteiger partial charge >= 0.3 is 0 Å². The summed E-state index contributed by atoms with van der Waals surface area (Å²) < 4.78 is 0. The number of primary amides is 1. The van der Waals surface area contributed by atoms with Gasteiger partial charge in [0.2, 0.25) is 11.8 Å². The molecule has 56 valence electrons. The lowest BCUT2D eigenvalue weighted by atomic mass is 10.4. The maximum absolute atomic E-state index is 10.3. The van der Waals surface area contributed by atoms with Crippen molar-refractivity contribution in [2.24, 2.45) is 5.73 Å². The Morgan fingerprint density at radius 3 is 2.20 bits per heavy atom. The van der Waals surface area contributed by atoms with E-state index < -0.39 is 5.91 Å². The summed E-state index contributed by atoms with van der Waals surface area (Å²) in [5.74, 6) is -0.777. The zero-order chi connectivity index (χ0) is 8.15. The van der Waals surface area contributed by atoms with Crippen LogP contribution in [0.3, 0.4) is 0 Å². The van der Waals surface area contributed by atoms with E-state index in [9.17, 15) is 9.59 Å². The zero-order valence-corrected chi connectivity index (χ0v) is 5.97. The van der Waals surface area contributed by atoms with Crippen molar-refractivity contribution in [3.05, 3.63) is 11.8 Å². The van der Waals surface area contributed by atoms with E-state index in [1.165, 1.54) is 6.92 Å². The molecular weight excluding hydrogens is 132 g/mol. The van der Waals surface area contributed by atoms with Crippen molar-refractivity contribution in [3.8, 4) is 0 Å². The average molecular weight is 142 g/mol. The first-order chi connectivity index (χ1) is 4.52. The molecule has 10 heavy (non-hydrogen) atoms. The van der Waals surface area contributed by atoms with E-state index in [-0.39, 0.29) is 5.91 Å². The predicted octanol–water partition coefficient (Wildman–Crippen LogP) is -0.488. The lowest BCUT2D eigenvalue weighted by molar-refractivity contribution is -0.118. The van der Waals surface area contributed by atoms with Crippen molar-refractivity contribution in [2.75, 3.05) is 0 Å². The molecule has 0 aliphatic rings. The Morgan fingerprint density at radius 1 is 1.40 bits per heavy atom. The van der Waals surface area contributed by atoms with Gasteiger partial charge in [-0.05, 0) is 6.92 Å². The first-order valence-corrected chi connectivity index (χ1v) is 2.77. The molecule has 4 heteroatoms. The van der Waals surface area contributed by atoms with Crippen LogP contribution in [0.15, 0.2) is 11.8 Å². The second-order valence-corrected chi connectivity index (χ2v) is 1.91. The van der Waals surface area contributed by atoms with E-state index in [1.54, 1.807) is 6.92 Å². The highest BCUT2D eigenvalue weighted by Gasteiger charge is 1.93. The molecule has 0 bridgehead atoms. The maximum atomic E-state index is 10.3. The molecule has 0 fully saturated rings. The third-order valence-electron chi connectivity index (χ3n) is 0.732. The van der Waals surface area contributed by atoms with Crippen LogP contribution < -0.4 is 11.1 Å². The number of carbonyl (C=O) groups excluding carboxylic acids is 2. The molecule has 0 atom stereocenters. The number of allylic oxidation sites excluding steroid dienone is 1. The molecule has 4 nitrogen and oxygen atoms in total. The minimum absolute atomic E-state index is 0.213. The molecular formula is C6H10N2O2. The van der Waals surface area contributed by atoms with Crippen LogP contribution in [0.2, 0.25) is 0 Å². The summed E-state index contributed by atoms with van der Waals surface area (Å²) in [5, 5.41) is 2.40. The van der Waals surface area contributed by atoms with Crippen molar-refractivity contribution >= 4 is 11.8 Å². The third-order valence-corrected chi connectivity index (χ3v) is 0.732. The number of nitrogens with one attached hydrogen (secondary N) is 1. The van der Waals surface area contributed by atoms with E-state index in [4.69, 9.17) is 5.73 Å². The lowest BCUT2D eigenvalue weighted by Crippen LogP contribution is -2.19. The molecule has 0 aromatic heterocycles. The topological polar surface area (TPSA) is 72.2 Å². The molecule has 0 saturated heterocycles. The van der Waals surface area contributed by atoms with Gasteiger partial charge in [0.15, 0.2) is 0 Å². The van der Waals surface area contributed by atoms with Gasteiger partial charge in [0.1, 0.15) is 0 Å². The fourth-order valence-electron chi connectivity index (χ4n) is 0.527. The molecule has 0 rings (SSSR count). The molecule has 0 heterocycles. The van der Waals surface area contributed by atoms with Crippen molar-refractivity contribution in [1.82, 2.24) is 5.32 Å². The molecule has 2 amide bonds. The van der Waals surface area contributed by atoms with Gasteiger partial charge in [-0.15, -0.1) is 0 Å². The van der Waals surface area contributed by atoms with E-state index in [0.29, 0.717) is 5.70 Å². The molecule has 0 radical (unpaired) electrons. The Morgan fingerprint density at radius 2 is 1.90 bits per heavy atom. The number of amides is 2. The Labute approximate surface area is 59.1 Å². The first kappa shape index (κ1) is 8.68. The number of nitrogens with two attached hydrogens (primary N) is 1. The summed E-state index contributed by atoms with van der Waals surface area (Å²) in [6.45, 7) is 2.95. The number of hydrogen-bond acceptors (Lipinski definition) is 2. The smallest absolute Gasteiger partial charge is 0.243 e. The highest BCUT2D eigenvalue weighted by Crippen LogP contribution is 1.83. The SMILES string of the molecule is CC(=O)N/C(C)=C\C(N)=O. The van der Waals surface area contributed by atoms with Gasteiger partial charge in [0.25, 0.3) is 0 Å². The molecule has 0 saturated carbocycles. The van der Waals surface area contributed by atoms with Crippen LogP contribution in [0.5, 0.6) is 0 Å². The molecule has 0 aliphatic heterocycles. The van der Waals surface area contributed by atoms with Crippen LogP contribution in [-0.2, 0) is 9.59 Å². The zero-order valence-electron chi connectivity index (χ0n) is 5.97. The average Bonchev–Trinajstić information content (AvgIpc) is 1.58. The molecule has 0 unspecified atom stereocenters. The Kier molecular flexibility index (Phi) is 3.17. The maximum Gasteiger partial charge on any atom is 0.243 e. The van der Waals surface area contributed by atoms with Gasteiger partial charge < -0.3 is 11.1 Å². The van der Waals surface area contributed by atoms with Crippen molar-refractivity contribution < 1.29 is 9.59 Å². The number of hydrogen-bond donors (Lipinski definition) is 2. The Balaban J connectivity index is 3.95. The minimum Gasteiger partial charge on any atom is -0.366 e. The highest BCUT2D eigenvalue weighted by atomic mass is 16.2. The van der Waals surface area contributed by atoms with Crippen LogP contribution >= 0.6 is 0 Å². The predicted molar refractivity (Wildman–Crippen MR) is 36.8 cm³/mol. The van der Waals surface area contributed by atoms with Crippen LogP contribution in [0.25, 0.3) is 0 Å². The summed E-state index contributed by atoms with van der Waals surface area (Å²) in [6, 6.07) is 0. The second kappa shape index (κ2) is 3.66. The highest BCUT2D eigenvalue weighted by molar-refractivity contribution is 5.87. The van der Waals surface area contributed by atoms with Crippen molar-refractivity contribution in [3.63, 3.8) is 0 Å². The lowest BCUT2D eigenvalue weighted by Gasteiger charge is -1.97. The van der Waals surface area contributed by atoms with Crippen LogP contribution in [0.1, 0.15) is 13.8 Å². The van der Waals surface area contributed by atoms with Crippen molar-refractivity contribution in [2.45, 2.75) is 13.8 Å². The number of rotatable bonds is 2. The monoisotopic (exact) mass is 142 g/mol. The van der Waals surface area contributed by atoms with Gasteiger partial charge in [-0.25, -0.2) is 0 Å². The van der Waals surface area contributed by atoms with Gasteiger partial charge in [0, 0.05) is 18.7 Å². The fraction of sp³-hybridized carbons (Fsp3) is 0.333. The molecule has 0 aromatic carbocycles. The van der Waals surface area contributed by atoms with Crippen LogP contribution in [0.4, 0.5) is 0 Å². The fourth-order valence-corrected chi connectivity index (χ4v) is 0.527. The number of carbonyl (C=O) groups is 2. The van der Waals surface area contributed by atoms with E-state index >= 15 is 0 Å². The summed E-state index contributed by atoms with van der Waals surface area (Å²) >= 11 is 0. The standard InChI is InChI=1S/C6H10N2O2/c1-4(3-6(7)10)8-5(2)9/h3H,1-2H3,(H2,7,10)(H,8,9)/b4-3-. The molecule has 0 aromatic rings. The largest absolute Gasteiger partial charge is 0.366 e. The minimum atomic E-state index is -0.564. The summed E-state index contributed by atoms with van der Waals surface area (Å²) in [4.78, 5) is 20.5. The molecule has 0 aliphatic carbocycles. The van der Waals surface area contributed by atoms with Crippen LogP contribution in [-0.4, -0.2) is 11.8 Å². The molecule has 3 N–H and O–H groups in total. The van der Waals surface area contributed by atoms with Gasteiger partial charge in [0.05, 0.1) is 0 Å². The summed E-state index contributed by atoms with van der Waals surface area (Å²) in [6.07, 6.45) is 1.15. The summed E-state index contributed by atoms with van der Waals surface area (Å²) in [7, 11) is 0. The van der Waals surface area contributed by atoms with E-state index in [2.05, 4.69) is 5.32 Å². The van der Waals surface area contributed by atoms with E-state index in [1.807, 2.05) is 0 Å². The Bertz CT molecular complexity index is 184. The normalized spacial score (nSPS) is 10.8.